The maximum Gasteiger partial charge on any atom is 0.300 e. The Kier molecular flexibility index (Phi) is 10.2. The van der Waals surface area contributed by atoms with Crippen LogP contribution in [0.2, 0.25) is 0 Å². The number of hydrogen-bond acceptors (Lipinski definition) is 4. The smallest absolute Gasteiger partial charge is 0.300 e. The van der Waals surface area contributed by atoms with E-state index in [2.05, 4.69) is 35.7 Å². The van der Waals surface area contributed by atoms with E-state index in [0.29, 0.717) is 6.04 Å². The fourth-order valence-corrected chi connectivity index (χ4v) is 3.44. The molecule has 1 heterocycles. The summed E-state index contributed by atoms with van der Waals surface area (Å²) in [6.45, 7) is 3.34. The number of nitrogens with one attached hydrogen (secondary N) is 1. The van der Waals surface area contributed by atoms with Crippen LogP contribution in [0.1, 0.15) is 45.1 Å². The predicted molar refractivity (Wildman–Crippen MR) is 105 cm³/mol. The Balaban J connectivity index is 0.000000390. The lowest BCUT2D eigenvalue weighted by Gasteiger charge is -2.36. The number of allylic oxidation sites excluding steroid dienone is 1. The molecule has 0 amide bonds. The quantitative estimate of drug-likeness (QED) is 0.698. The summed E-state index contributed by atoms with van der Waals surface area (Å²) >= 11 is 0. The monoisotopic (exact) mass is 377 g/mol. The molecule has 2 aliphatic rings. The van der Waals surface area contributed by atoms with Crippen molar-refractivity contribution in [1.29, 1.82) is 0 Å². The van der Waals surface area contributed by atoms with Gasteiger partial charge in [-0.25, -0.2) is 0 Å². The van der Waals surface area contributed by atoms with E-state index in [1.165, 1.54) is 37.8 Å². The molecule has 6 nitrogen and oxygen atoms in total. The Morgan fingerprint density at radius 3 is 2.26 bits per heavy atom. The second kappa shape index (κ2) is 12.1. The van der Waals surface area contributed by atoms with Gasteiger partial charge in [0.15, 0.2) is 0 Å². The van der Waals surface area contributed by atoms with Crippen molar-refractivity contribution in [1.82, 2.24) is 5.32 Å². The van der Waals surface area contributed by atoms with Gasteiger partial charge in [-0.1, -0.05) is 23.8 Å². The van der Waals surface area contributed by atoms with Gasteiger partial charge in [0, 0.05) is 19.9 Å². The molecule has 1 fully saturated rings. The third kappa shape index (κ3) is 9.24. The van der Waals surface area contributed by atoms with Crippen molar-refractivity contribution in [3.05, 3.63) is 41.5 Å². The van der Waals surface area contributed by atoms with E-state index in [4.69, 9.17) is 24.5 Å². The number of fused-ring (bicyclic) bond motifs is 1. The van der Waals surface area contributed by atoms with Crippen molar-refractivity contribution in [3.63, 3.8) is 0 Å². The molecule has 0 aromatic heterocycles. The zero-order valence-electron chi connectivity index (χ0n) is 16.4. The Hall–Kier alpha value is -2.34. The van der Waals surface area contributed by atoms with Crippen molar-refractivity contribution in [2.24, 2.45) is 5.92 Å². The molecule has 1 aliphatic carbocycles. The summed E-state index contributed by atoms with van der Waals surface area (Å²) in [5.41, 5.74) is 3.07. The number of carboxylic acids is 2. The van der Waals surface area contributed by atoms with Gasteiger partial charge in [0.05, 0.1) is 7.11 Å². The fraction of sp³-hybridized carbons (Fsp3) is 0.524. The normalized spacial score (nSPS) is 20.5. The number of ether oxygens (including phenoxy) is 1. The van der Waals surface area contributed by atoms with Gasteiger partial charge in [-0.15, -0.1) is 0 Å². The van der Waals surface area contributed by atoms with Gasteiger partial charge in [0.2, 0.25) is 0 Å². The molecule has 150 valence electrons. The molecular formula is C21H31NO5. The molecule has 0 spiro atoms. The first-order valence-electron chi connectivity index (χ1n) is 9.28. The van der Waals surface area contributed by atoms with E-state index in [-0.39, 0.29) is 0 Å². The van der Waals surface area contributed by atoms with Crippen LogP contribution in [-0.4, -0.2) is 41.8 Å². The number of rotatable bonds is 3. The van der Waals surface area contributed by atoms with Crippen LogP contribution >= 0.6 is 0 Å². The largest absolute Gasteiger partial charge is 0.497 e. The van der Waals surface area contributed by atoms with Crippen LogP contribution in [0.25, 0.3) is 0 Å². The highest BCUT2D eigenvalue weighted by Gasteiger charge is 2.28. The molecule has 2 unspecified atom stereocenters. The summed E-state index contributed by atoms with van der Waals surface area (Å²) in [5, 5.41) is 18.5. The van der Waals surface area contributed by atoms with Gasteiger partial charge in [-0.2, -0.15) is 0 Å². The number of benzene rings is 1. The van der Waals surface area contributed by atoms with E-state index in [1.54, 1.807) is 12.7 Å². The van der Waals surface area contributed by atoms with Crippen LogP contribution in [0.3, 0.4) is 0 Å². The third-order valence-corrected chi connectivity index (χ3v) is 4.49. The van der Waals surface area contributed by atoms with Crippen molar-refractivity contribution >= 4 is 11.9 Å². The van der Waals surface area contributed by atoms with Crippen LogP contribution < -0.4 is 10.1 Å². The maximum atomic E-state index is 9.00. The molecule has 0 saturated carbocycles. The Labute approximate surface area is 161 Å². The van der Waals surface area contributed by atoms with Crippen LogP contribution in [0, 0.1) is 5.92 Å². The summed E-state index contributed by atoms with van der Waals surface area (Å²) in [4.78, 5) is 18.0. The molecule has 0 radical (unpaired) electrons. The Bertz CT molecular complexity index is 604. The average Bonchev–Trinajstić information content (AvgIpc) is 2.62. The summed E-state index contributed by atoms with van der Waals surface area (Å²) in [7, 11) is 1.72. The maximum absolute atomic E-state index is 9.00. The van der Waals surface area contributed by atoms with Gasteiger partial charge in [0.25, 0.3) is 11.9 Å². The lowest BCUT2D eigenvalue weighted by Crippen LogP contribution is -2.42. The lowest BCUT2D eigenvalue weighted by molar-refractivity contribution is -0.135. The van der Waals surface area contributed by atoms with Crippen LogP contribution in [0.5, 0.6) is 5.75 Å². The number of piperidine rings is 1. The molecule has 1 saturated heterocycles. The second-order valence-electron chi connectivity index (χ2n) is 6.72. The minimum absolute atomic E-state index is 0.549. The van der Waals surface area contributed by atoms with Gasteiger partial charge < -0.3 is 20.3 Å². The van der Waals surface area contributed by atoms with Gasteiger partial charge in [-0.05, 0) is 62.3 Å². The number of hydrogen-bond donors (Lipinski definition) is 3. The topological polar surface area (TPSA) is 95.9 Å². The molecule has 0 bridgehead atoms. The number of carbonyl (C=O) groups is 2. The zero-order chi connectivity index (χ0) is 20.2. The number of aliphatic carboxylic acids is 2. The standard InChI is InChI=1S/C17H23NO.2C2H4O2/c1-19-15-8-6-13(7-9-15)12-17-16-5-3-2-4-14(16)10-11-18-17;2*1-2(3)4/h5-9,14,17-18H,2-4,10-12H2,1H3;2*1H3,(H,3,4). The molecule has 27 heavy (non-hydrogen) atoms. The van der Waals surface area contributed by atoms with E-state index in [1.807, 2.05) is 0 Å². The molecule has 2 atom stereocenters. The Morgan fingerprint density at radius 1 is 1.11 bits per heavy atom. The predicted octanol–water partition coefficient (Wildman–Crippen LogP) is 3.51. The molecule has 1 aliphatic heterocycles. The first-order valence-corrected chi connectivity index (χ1v) is 9.28. The van der Waals surface area contributed by atoms with Crippen LogP contribution in [-0.2, 0) is 16.0 Å². The van der Waals surface area contributed by atoms with Gasteiger partial charge in [0.1, 0.15) is 5.75 Å². The van der Waals surface area contributed by atoms with Crippen molar-refractivity contribution < 1.29 is 24.5 Å². The van der Waals surface area contributed by atoms with Crippen molar-refractivity contribution in [2.75, 3.05) is 13.7 Å². The summed E-state index contributed by atoms with van der Waals surface area (Å²) in [6.07, 6.45) is 8.97. The molecular weight excluding hydrogens is 346 g/mol. The summed E-state index contributed by atoms with van der Waals surface area (Å²) in [5.74, 6) is 0.119. The van der Waals surface area contributed by atoms with Crippen molar-refractivity contribution in [2.45, 2.75) is 52.0 Å². The third-order valence-electron chi connectivity index (χ3n) is 4.49. The van der Waals surface area contributed by atoms with Gasteiger partial charge in [-0.3, -0.25) is 9.59 Å². The first-order chi connectivity index (χ1) is 12.8. The fourth-order valence-electron chi connectivity index (χ4n) is 3.44. The molecule has 3 rings (SSSR count). The van der Waals surface area contributed by atoms with E-state index < -0.39 is 11.9 Å². The number of carboxylic acid groups (broad SMARTS) is 2. The highest BCUT2D eigenvalue weighted by Crippen LogP contribution is 2.33. The SMILES string of the molecule is CC(=O)O.CC(=O)O.COc1ccc(CC2NCCC3CCCC=C32)cc1. The molecule has 1 aromatic rings. The van der Waals surface area contributed by atoms with Crippen molar-refractivity contribution in [3.8, 4) is 5.75 Å². The van der Waals surface area contributed by atoms with E-state index >= 15 is 0 Å². The highest BCUT2D eigenvalue weighted by molar-refractivity contribution is 5.63. The first kappa shape index (κ1) is 22.7. The minimum Gasteiger partial charge on any atom is -0.497 e. The van der Waals surface area contributed by atoms with Crippen LogP contribution in [0.4, 0.5) is 0 Å². The zero-order valence-corrected chi connectivity index (χ0v) is 16.4. The lowest BCUT2D eigenvalue weighted by atomic mass is 9.77. The molecule has 6 heteroatoms. The molecule has 3 N–H and O–H groups in total. The van der Waals surface area contributed by atoms with Crippen LogP contribution in [0.15, 0.2) is 35.9 Å². The summed E-state index contributed by atoms with van der Waals surface area (Å²) < 4.78 is 5.22. The van der Waals surface area contributed by atoms with Gasteiger partial charge >= 0.3 is 0 Å². The highest BCUT2D eigenvalue weighted by atomic mass is 16.5. The second-order valence-corrected chi connectivity index (χ2v) is 6.72. The van der Waals surface area contributed by atoms with E-state index in [0.717, 1.165) is 31.9 Å². The summed E-state index contributed by atoms with van der Waals surface area (Å²) in [6, 6.07) is 9.05. The average molecular weight is 377 g/mol. The van der Waals surface area contributed by atoms with E-state index in [9.17, 15) is 0 Å². The minimum atomic E-state index is -0.833. The Morgan fingerprint density at radius 2 is 1.70 bits per heavy atom. The molecule has 1 aromatic carbocycles. The number of methoxy groups -OCH3 is 1.